The Bertz CT molecular complexity index is 509. The van der Waals surface area contributed by atoms with Gasteiger partial charge in [0.25, 0.3) is 0 Å². The zero-order chi connectivity index (χ0) is 13.6. The number of ether oxygens (including phenoxy) is 1. The molecule has 1 saturated heterocycles. The number of nitrogens with zero attached hydrogens (tertiary/aromatic N) is 3. The summed E-state index contributed by atoms with van der Waals surface area (Å²) in [5.41, 5.74) is 7.34. The van der Waals surface area contributed by atoms with Gasteiger partial charge >= 0.3 is 0 Å². The van der Waals surface area contributed by atoms with Crippen molar-refractivity contribution >= 4 is 11.7 Å². The van der Waals surface area contributed by atoms with Crippen LogP contribution in [0, 0.1) is 12.3 Å². The van der Waals surface area contributed by atoms with Gasteiger partial charge in [0.1, 0.15) is 11.7 Å². The number of nitrogens with two attached hydrogens (primary N) is 1. The molecular weight excluding hydrogens is 242 g/mol. The Morgan fingerprint density at radius 3 is 3.00 bits per heavy atom. The third kappa shape index (κ3) is 1.90. The zero-order valence-corrected chi connectivity index (χ0v) is 11.5. The largest absolute Gasteiger partial charge is 0.384 e. The highest BCUT2D eigenvalue weighted by molar-refractivity contribution is 6.01. The van der Waals surface area contributed by atoms with Crippen molar-refractivity contribution in [2.75, 3.05) is 18.1 Å². The molecule has 0 bridgehead atoms. The number of anilines is 1. The van der Waals surface area contributed by atoms with Gasteiger partial charge in [-0.05, 0) is 26.2 Å². The first kappa shape index (κ1) is 12.5. The van der Waals surface area contributed by atoms with Crippen LogP contribution >= 0.6 is 0 Å². The van der Waals surface area contributed by atoms with Crippen molar-refractivity contribution in [3.63, 3.8) is 0 Å². The van der Waals surface area contributed by atoms with Gasteiger partial charge in [-0.25, -0.2) is 0 Å². The molecule has 0 spiro atoms. The van der Waals surface area contributed by atoms with E-state index in [1.54, 1.807) is 0 Å². The molecule has 2 aliphatic rings. The van der Waals surface area contributed by atoms with E-state index in [1.807, 2.05) is 18.7 Å². The molecule has 2 unspecified atom stereocenters. The number of hydrogen-bond acceptors (Lipinski definition) is 4. The highest BCUT2D eigenvalue weighted by Crippen LogP contribution is 2.35. The molecule has 6 heteroatoms. The topological polar surface area (TPSA) is 80.2 Å². The van der Waals surface area contributed by atoms with Crippen LogP contribution in [-0.2, 0) is 11.8 Å². The van der Waals surface area contributed by atoms with Crippen LogP contribution in [0.2, 0.25) is 0 Å². The molecule has 3 rings (SSSR count). The molecule has 1 aliphatic heterocycles. The smallest absolute Gasteiger partial charge is 0.138 e. The molecule has 2 fully saturated rings. The Balaban J connectivity index is 2.03. The fourth-order valence-electron chi connectivity index (χ4n) is 3.48. The van der Waals surface area contributed by atoms with E-state index in [2.05, 4.69) is 10.00 Å². The van der Waals surface area contributed by atoms with Crippen molar-refractivity contribution < 1.29 is 4.74 Å². The number of hydrogen-bond donors (Lipinski definition) is 2. The molecule has 1 aromatic rings. The monoisotopic (exact) mass is 263 g/mol. The first-order valence-electron chi connectivity index (χ1n) is 6.86. The van der Waals surface area contributed by atoms with Crippen molar-refractivity contribution in [1.82, 2.24) is 9.78 Å². The van der Waals surface area contributed by atoms with E-state index in [0.29, 0.717) is 12.1 Å². The average molecular weight is 263 g/mol. The van der Waals surface area contributed by atoms with Gasteiger partial charge in [-0.3, -0.25) is 10.1 Å². The first-order chi connectivity index (χ1) is 9.09. The van der Waals surface area contributed by atoms with Crippen LogP contribution in [-0.4, -0.2) is 40.9 Å². The number of fused-ring (bicyclic) bond motifs is 1. The Morgan fingerprint density at radius 1 is 1.47 bits per heavy atom. The van der Waals surface area contributed by atoms with Crippen LogP contribution in [0.25, 0.3) is 0 Å². The second kappa shape index (κ2) is 4.52. The normalized spacial score (nSPS) is 26.5. The second-order valence-electron chi connectivity index (χ2n) is 5.42. The summed E-state index contributed by atoms with van der Waals surface area (Å²) < 4.78 is 7.70. The summed E-state index contributed by atoms with van der Waals surface area (Å²) >= 11 is 0. The lowest BCUT2D eigenvalue weighted by molar-refractivity contribution is 0.0250. The van der Waals surface area contributed by atoms with E-state index < -0.39 is 0 Å². The number of nitrogens with one attached hydrogen (secondary N) is 1. The third-order valence-corrected chi connectivity index (χ3v) is 4.22. The van der Waals surface area contributed by atoms with Crippen LogP contribution in [0.1, 0.15) is 30.5 Å². The lowest BCUT2D eigenvalue weighted by atomic mass is 10.1. The molecule has 3 N–H and O–H groups in total. The summed E-state index contributed by atoms with van der Waals surface area (Å²) in [4.78, 5) is 2.35. The van der Waals surface area contributed by atoms with Gasteiger partial charge in [-0.1, -0.05) is 0 Å². The van der Waals surface area contributed by atoms with Gasteiger partial charge in [0, 0.05) is 13.6 Å². The van der Waals surface area contributed by atoms with Gasteiger partial charge in [-0.15, -0.1) is 0 Å². The summed E-state index contributed by atoms with van der Waals surface area (Å²) in [7, 11) is 1.92. The van der Waals surface area contributed by atoms with Gasteiger partial charge in [0.2, 0.25) is 0 Å². The summed E-state index contributed by atoms with van der Waals surface area (Å²) in [5.74, 6) is 1.08. The fraction of sp³-hybridized carbons (Fsp3) is 0.692. The van der Waals surface area contributed by atoms with Gasteiger partial charge < -0.3 is 15.4 Å². The van der Waals surface area contributed by atoms with Crippen LogP contribution in [0.4, 0.5) is 5.82 Å². The Kier molecular flexibility index (Phi) is 2.97. The van der Waals surface area contributed by atoms with Gasteiger partial charge in [-0.2, -0.15) is 5.10 Å². The number of aromatic nitrogens is 2. The summed E-state index contributed by atoms with van der Waals surface area (Å²) in [6.07, 6.45) is 3.81. The third-order valence-electron chi connectivity index (χ3n) is 4.22. The van der Waals surface area contributed by atoms with E-state index in [1.165, 1.54) is 6.42 Å². The summed E-state index contributed by atoms with van der Waals surface area (Å²) in [6.45, 7) is 3.50. The molecule has 19 heavy (non-hydrogen) atoms. The molecule has 1 saturated carbocycles. The van der Waals surface area contributed by atoms with E-state index in [9.17, 15) is 0 Å². The highest BCUT2D eigenvalue weighted by Gasteiger charge is 2.38. The average Bonchev–Trinajstić information content (AvgIpc) is 2.92. The highest BCUT2D eigenvalue weighted by atomic mass is 16.5. The standard InChI is InChI=1S/C13H21N5O/c1-8-11(12(14)15)13(17(2)16-8)18-6-7-19-10-5-3-4-9(10)18/h9-10H,3-7H2,1-2H3,(H3,14,15). The number of morpholine rings is 1. The zero-order valence-electron chi connectivity index (χ0n) is 11.5. The van der Waals surface area contributed by atoms with Crippen LogP contribution in [0.5, 0.6) is 0 Å². The van der Waals surface area contributed by atoms with Crippen LogP contribution in [0.15, 0.2) is 0 Å². The maximum atomic E-state index is 7.80. The minimum absolute atomic E-state index is 0.0987. The minimum Gasteiger partial charge on any atom is -0.384 e. The predicted octanol–water partition coefficient (Wildman–Crippen LogP) is 0.770. The van der Waals surface area contributed by atoms with E-state index in [-0.39, 0.29) is 5.84 Å². The molecule has 0 radical (unpaired) electrons. The minimum atomic E-state index is 0.0987. The number of rotatable bonds is 2. The predicted molar refractivity (Wildman–Crippen MR) is 73.7 cm³/mol. The molecule has 6 nitrogen and oxygen atoms in total. The quantitative estimate of drug-likeness (QED) is 0.610. The summed E-state index contributed by atoms with van der Waals surface area (Å²) in [5, 5.41) is 12.2. The molecule has 0 aromatic carbocycles. The van der Waals surface area contributed by atoms with Crippen LogP contribution in [0.3, 0.4) is 0 Å². The van der Waals surface area contributed by atoms with Crippen molar-refractivity contribution in [3.8, 4) is 0 Å². The van der Waals surface area contributed by atoms with E-state index in [0.717, 1.165) is 43.1 Å². The fourth-order valence-corrected chi connectivity index (χ4v) is 3.48. The molecule has 1 aliphatic carbocycles. The van der Waals surface area contributed by atoms with E-state index >= 15 is 0 Å². The summed E-state index contributed by atoms with van der Waals surface area (Å²) in [6, 6.07) is 0.404. The Hall–Kier alpha value is -1.56. The van der Waals surface area contributed by atoms with Gasteiger partial charge in [0.05, 0.1) is 30.0 Å². The molecule has 2 atom stereocenters. The molecule has 0 amide bonds. The lowest BCUT2D eigenvalue weighted by Gasteiger charge is -2.39. The molecular formula is C13H21N5O. The van der Waals surface area contributed by atoms with Crippen molar-refractivity contribution in [2.45, 2.75) is 38.3 Å². The van der Waals surface area contributed by atoms with Crippen molar-refractivity contribution in [3.05, 3.63) is 11.3 Å². The lowest BCUT2D eigenvalue weighted by Crippen LogP contribution is -2.50. The Labute approximate surface area is 113 Å². The van der Waals surface area contributed by atoms with Crippen molar-refractivity contribution in [2.24, 2.45) is 12.8 Å². The maximum absolute atomic E-state index is 7.80. The number of amidine groups is 1. The van der Waals surface area contributed by atoms with Gasteiger partial charge in [0.15, 0.2) is 0 Å². The van der Waals surface area contributed by atoms with Crippen molar-refractivity contribution in [1.29, 1.82) is 5.41 Å². The molecule has 104 valence electrons. The molecule has 1 aromatic heterocycles. The SMILES string of the molecule is Cc1nn(C)c(N2CCOC3CCCC32)c1C(=N)N. The second-order valence-corrected chi connectivity index (χ2v) is 5.42. The van der Waals surface area contributed by atoms with Crippen LogP contribution < -0.4 is 10.6 Å². The van der Waals surface area contributed by atoms with E-state index in [4.69, 9.17) is 15.9 Å². The maximum Gasteiger partial charge on any atom is 0.138 e. The number of nitrogen functional groups attached to an aromatic ring is 1. The molecule has 2 heterocycles. The Morgan fingerprint density at radius 2 is 2.26 bits per heavy atom. The first-order valence-corrected chi connectivity index (χ1v) is 6.86. The number of aryl methyl sites for hydroxylation is 2.